The molecular weight excluding hydrogens is 238 g/mol. The first-order chi connectivity index (χ1) is 8.77. The van der Waals surface area contributed by atoms with E-state index in [9.17, 15) is 0 Å². The van der Waals surface area contributed by atoms with E-state index in [-0.39, 0.29) is 0 Å². The number of pyridine rings is 1. The van der Waals surface area contributed by atoms with E-state index in [1.807, 2.05) is 30.3 Å². The zero-order valence-electron chi connectivity index (χ0n) is 10.1. The van der Waals surface area contributed by atoms with Crippen molar-refractivity contribution in [2.75, 3.05) is 0 Å². The first-order valence-electron chi connectivity index (χ1n) is 5.91. The number of fused-ring (bicyclic) bond motifs is 1. The minimum Gasteiger partial charge on any atom is -0.344 e. The summed E-state index contributed by atoms with van der Waals surface area (Å²) >= 11 is 5.49. The van der Waals surface area contributed by atoms with Crippen LogP contribution in [0.15, 0.2) is 60.7 Å². The van der Waals surface area contributed by atoms with E-state index in [1.54, 1.807) is 0 Å². The molecule has 3 rings (SSSR count). The largest absolute Gasteiger partial charge is 0.344 e. The number of para-hydroxylation sites is 1. The predicted molar refractivity (Wildman–Crippen MR) is 79.2 cm³/mol. The van der Waals surface area contributed by atoms with Crippen LogP contribution in [0.1, 0.15) is 0 Å². The molecule has 0 radical (unpaired) electrons. The van der Waals surface area contributed by atoms with Crippen LogP contribution in [0.2, 0.25) is 0 Å². The highest BCUT2D eigenvalue weighted by atomic mass is 32.1. The SMILES string of the molecule is Cn1c(-c2ccccc2)cc(=S)c2ccccc21. The average Bonchev–Trinajstić information content (AvgIpc) is 2.44. The van der Waals surface area contributed by atoms with Gasteiger partial charge in [0.25, 0.3) is 0 Å². The van der Waals surface area contributed by atoms with Gasteiger partial charge in [-0.2, -0.15) is 0 Å². The van der Waals surface area contributed by atoms with Crippen LogP contribution in [-0.4, -0.2) is 4.57 Å². The second-order valence-electron chi connectivity index (χ2n) is 4.34. The number of aromatic nitrogens is 1. The fourth-order valence-corrected chi connectivity index (χ4v) is 2.57. The van der Waals surface area contributed by atoms with Gasteiger partial charge in [-0.3, -0.25) is 0 Å². The number of benzene rings is 2. The molecule has 0 unspecified atom stereocenters. The van der Waals surface area contributed by atoms with Crippen molar-refractivity contribution in [1.82, 2.24) is 4.57 Å². The van der Waals surface area contributed by atoms with Gasteiger partial charge in [0, 0.05) is 28.2 Å². The van der Waals surface area contributed by atoms with Gasteiger partial charge in [0.2, 0.25) is 0 Å². The van der Waals surface area contributed by atoms with Gasteiger partial charge < -0.3 is 4.57 Å². The summed E-state index contributed by atoms with van der Waals surface area (Å²) in [6.45, 7) is 0. The van der Waals surface area contributed by atoms with Crippen LogP contribution in [0, 0.1) is 4.51 Å². The third-order valence-electron chi connectivity index (χ3n) is 3.23. The maximum absolute atomic E-state index is 5.49. The molecule has 2 aromatic carbocycles. The highest BCUT2D eigenvalue weighted by Crippen LogP contribution is 2.24. The van der Waals surface area contributed by atoms with Crippen molar-refractivity contribution in [3.8, 4) is 11.3 Å². The molecule has 1 heterocycles. The van der Waals surface area contributed by atoms with Crippen molar-refractivity contribution in [3.05, 3.63) is 65.2 Å². The van der Waals surface area contributed by atoms with Crippen molar-refractivity contribution < 1.29 is 0 Å². The maximum atomic E-state index is 5.49. The summed E-state index contributed by atoms with van der Waals surface area (Å²) in [7, 11) is 2.08. The number of hydrogen-bond acceptors (Lipinski definition) is 1. The molecule has 0 aliphatic rings. The van der Waals surface area contributed by atoms with Crippen LogP contribution in [0.5, 0.6) is 0 Å². The summed E-state index contributed by atoms with van der Waals surface area (Å²) in [5, 5.41) is 1.13. The third-order valence-corrected chi connectivity index (χ3v) is 3.57. The van der Waals surface area contributed by atoms with Crippen LogP contribution >= 0.6 is 12.2 Å². The molecule has 0 spiro atoms. The summed E-state index contributed by atoms with van der Waals surface area (Å²) in [6, 6.07) is 20.7. The Hall–Kier alpha value is -1.93. The van der Waals surface area contributed by atoms with Crippen molar-refractivity contribution in [1.29, 1.82) is 0 Å². The van der Waals surface area contributed by atoms with E-state index in [2.05, 4.69) is 41.9 Å². The summed E-state index contributed by atoms with van der Waals surface area (Å²) in [6.07, 6.45) is 0. The molecule has 3 aromatic rings. The molecule has 1 nitrogen and oxygen atoms in total. The molecule has 0 atom stereocenters. The second kappa shape index (κ2) is 4.39. The number of rotatable bonds is 1. The van der Waals surface area contributed by atoms with Gasteiger partial charge in [0.15, 0.2) is 0 Å². The molecule has 0 bridgehead atoms. The van der Waals surface area contributed by atoms with Crippen molar-refractivity contribution >= 4 is 23.1 Å². The lowest BCUT2D eigenvalue weighted by Gasteiger charge is -2.13. The van der Waals surface area contributed by atoms with Crippen molar-refractivity contribution in [2.45, 2.75) is 0 Å². The van der Waals surface area contributed by atoms with Crippen LogP contribution in [0.3, 0.4) is 0 Å². The maximum Gasteiger partial charge on any atom is 0.0496 e. The number of nitrogens with zero attached hydrogens (tertiary/aromatic N) is 1. The Morgan fingerprint density at radius 3 is 2.33 bits per heavy atom. The lowest BCUT2D eigenvalue weighted by atomic mass is 10.1. The van der Waals surface area contributed by atoms with Gasteiger partial charge in [-0.15, -0.1) is 0 Å². The average molecular weight is 251 g/mol. The Labute approximate surface area is 111 Å². The quantitative estimate of drug-likeness (QED) is 0.573. The fourth-order valence-electron chi connectivity index (χ4n) is 2.29. The molecule has 0 aliphatic heterocycles. The molecule has 0 saturated carbocycles. The Morgan fingerprint density at radius 1 is 0.889 bits per heavy atom. The van der Waals surface area contributed by atoms with Gasteiger partial charge in [0.1, 0.15) is 0 Å². The molecule has 0 N–H and O–H groups in total. The summed E-state index contributed by atoms with van der Waals surface area (Å²) in [5.41, 5.74) is 3.51. The molecule has 0 fully saturated rings. The highest BCUT2D eigenvalue weighted by molar-refractivity contribution is 7.71. The normalized spacial score (nSPS) is 10.7. The fraction of sp³-hybridized carbons (Fsp3) is 0.0625. The van der Waals surface area contributed by atoms with E-state index in [1.165, 1.54) is 11.1 Å². The lowest BCUT2D eigenvalue weighted by molar-refractivity contribution is 0.962. The van der Waals surface area contributed by atoms with Crippen LogP contribution in [-0.2, 0) is 7.05 Å². The Morgan fingerprint density at radius 2 is 1.56 bits per heavy atom. The molecular formula is C16H13NS. The van der Waals surface area contributed by atoms with Crippen molar-refractivity contribution in [3.63, 3.8) is 0 Å². The zero-order valence-corrected chi connectivity index (χ0v) is 10.9. The van der Waals surface area contributed by atoms with Crippen LogP contribution in [0.4, 0.5) is 0 Å². The molecule has 88 valence electrons. The standard InChI is InChI=1S/C16H13NS/c1-17-14-10-6-5-9-13(14)16(18)11-15(17)12-7-3-2-4-8-12/h2-11H,1H3. The monoisotopic (exact) mass is 251 g/mol. The van der Waals surface area contributed by atoms with Crippen LogP contribution < -0.4 is 0 Å². The van der Waals surface area contributed by atoms with E-state index < -0.39 is 0 Å². The van der Waals surface area contributed by atoms with Crippen molar-refractivity contribution in [2.24, 2.45) is 7.05 Å². The summed E-state index contributed by atoms with van der Waals surface area (Å²) in [5.74, 6) is 0. The molecule has 1 aromatic heterocycles. The molecule has 0 aliphatic carbocycles. The lowest BCUT2D eigenvalue weighted by Crippen LogP contribution is -1.98. The van der Waals surface area contributed by atoms with E-state index in [4.69, 9.17) is 12.2 Å². The van der Waals surface area contributed by atoms with Gasteiger partial charge in [-0.1, -0.05) is 60.7 Å². The molecule has 0 saturated heterocycles. The van der Waals surface area contributed by atoms with Gasteiger partial charge in [0.05, 0.1) is 0 Å². The highest BCUT2D eigenvalue weighted by Gasteiger charge is 2.05. The molecule has 0 amide bonds. The van der Waals surface area contributed by atoms with Crippen LogP contribution in [0.25, 0.3) is 22.2 Å². The Bertz CT molecular complexity index is 757. The second-order valence-corrected chi connectivity index (χ2v) is 4.78. The topological polar surface area (TPSA) is 4.93 Å². The Kier molecular flexibility index (Phi) is 2.73. The van der Waals surface area contributed by atoms with Gasteiger partial charge >= 0.3 is 0 Å². The minimum absolute atomic E-state index is 0.905. The first-order valence-corrected chi connectivity index (χ1v) is 6.32. The molecule has 2 heteroatoms. The molecule has 18 heavy (non-hydrogen) atoms. The smallest absolute Gasteiger partial charge is 0.0496 e. The van der Waals surface area contributed by atoms with E-state index in [0.717, 1.165) is 15.6 Å². The van der Waals surface area contributed by atoms with E-state index in [0.29, 0.717) is 0 Å². The summed E-state index contributed by atoms with van der Waals surface area (Å²) < 4.78 is 3.10. The Balaban J connectivity index is 2.39. The number of aryl methyl sites for hydroxylation is 1. The third kappa shape index (κ3) is 1.75. The summed E-state index contributed by atoms with van der Waals surface area (Å²) in [4.78, 5) is 0. The zero-order chi connectivity index (χ0) is 12.5. The van der Waals surface area contributed by atoms with Gasteiger partial charge in [-0.05, 0) is 17.7 Å². The predicted octanol–water partition coefficient (Wildman–Crippen LogP) is 4.57. The minimum atomic E-state index is 0.905. The van der Waals surface area contributed by atoms with Gasteiger partial charge in [-0.25, -0.2) is 0 Å². The first kappa shape index (κ1) is 11.2. The van der Waals surface area contributed by atoms with E-state index >= 15 is 0 Å². The number of hydrogen-bond donors (Lipinski definition) is 0.